The molecule has 0 amide bonds. The SMILES string of the molecule is COCCCN1CCOc2ccc(CO[C@H]3CNCC[C@@H]3c3ccc(COc4cccc(C)c4)cc3)cc21. The lowest BCUT2D eigenvalue weighted by Crippen LogP contribution is -2.41. The van der Waals surface area contributed by atoms with E-state index in [2.05, 4.69) is 71.7 Å². The smallest absolute Gasteiger partial charge is 0.142 e. The summed E-state index contributed by atoms with van der Waals surface area (Å²) in [6.45, 7) is 8.48. The summed E-state index contributed by atoms with van der Waals surface area (Å²) in [5.74, 6) is 2.24. The highest BCUT2D eigenvalue weighted by Crippen LogP contribution is 2.34. The Bertz CT molecular complexity index is 1170. The quantitative estimate of drug-likeness (QED) is 0.341. The number of methoxy groups -OCH3 is 1. The number of aryl methyl sites for hydroxylation is 1. The topological polar surface area (TPSA) is 52.2 Å². The van der Waals surface area contributed by atoms with Gasteiger partial charge in [0.25, 0.3) is 0 Å². The molecule has 1 N–H and O–H groups in total. The molecule has 0 bridgehead atoms. The molecule has 3 aromatic rings. The zero-order valence-electron chi connectivity index (χ0n) is 22.7. The van der Waals surface area contributed by atoms with E-state index in [0.29, 0.717) is 19.1 Å². The van der Waals surface area contributed by atoms with Gasteiger partial charge in [-0.1, -0.05) is 42.5 Å². The Hall–Kier alpha value is -3.06. The molecule has 5 rings (SSSR count). The van der Waals surface area contributed by atoms with Gasteiger partial charge < -0.3 is 29.2 Å². The van der Waals surface area contributed by atoms with Crippen molar-refractivity contribution < 1.29 is 18.9 Å². The van der Waals surface area contributed by atoms with Crippen LogP contribution in [0.15, 0.2) is 66.7 Å². The number of rotatable bonds is 11. The van der Waals surface area contributed by atoms with Gasteiger partial charge in [-0.15, -0.1) is 0 Å². The van der Waals surface area contributed by atoms with Crippen LogP contribution in [0, 0.1) is 6.92 Å². The van der Waals surface area contributed by atoms with Crippen molar-refractivity contribution in [3.8, 4) is 11.5 Å². The summed E-state index contributed by atoms with van der Waals surface area (Å²) < 4.78 is 23.7. The van der Waals surface area contributed by atoms with Gasteiger partial charge in [0, 0.05) is 32.7 Å². The van der Waals surface area contributed by atoms with E-state index in [0.717, 1.165) is 69.4 Å². The van der Waals surface area contributed by atoms with Crippen LogP contribution >= 0.6 is 0 Å². The lowest BCUT2D eigenvalue weighted by Gasteiger charge is -2.33. The summed E-state index contributed by atoms with van der Waals surface area (Å²) in [5.41, 5.74) is 6.05. The van der Waals surface area contributed by atoms with Crippen molar-refractivity contribution in [2.45, 2.75) is 45.0 Å². The molecule has 2 atom stereocenters. The van der Waals surface area contributed by atoms with E-state index in [1.165, 1.54) is 22.3 Å². The van der Waals surface area contributed by atoms with E-state index in [1.54, 1.807) is 7.11 Å². The minimum atomic E-state index is 0.128. The van der Waals surface area contributed by atoms with Crippen LogP contribution in [0.5, 0.6) is 11.5 Å². The summed E-state index contributed by atoms with van der Waals surface area (Å²) in [4.78, 5) is 2.40. The molecule has 6 heteroatoms. The van der Waals surface area contributed by atoms with E-state index in [-0.39, 0.29) is 6.10 Å². The van der Waals surface area contributed by atoms with Crippen molar-refractivity contribution in [2.75, 3.05) is 51.4 Å². The molecular weight excluding hydrogens is 476 g/mol. The van der Waals surface area contributed by atoms with Gasteiger partial charge >= 0.3 is 0 Å². The van der Waals surface area contributed by atoms with E-state index < -0.39 is 0 Å². The number of hydrogen-bond donors (Lipinski definition) is 1. The summed E-state index contributed by atoms with van der Waals surface area (Å²) in [7, 11) is 1.76. The lowest BCUT2D eigenvalue weighted by atomic mass is 9.87. The van der Waals surface area contributed by atoms with Crippen LogP contribution in [0.4, 0.5) is 5.69 Å². The van der Waals surface area contributed by atoms with Crippen molar-refractivity contribution in [1.29, 1.82) is 0 Å². The Balaban J connectivity index is 1.19. The Morgan fingerprint density at radius 1 is 1.00 bits per heavy atom. The second-order valence-corrected chi connectivity index (χ2v) is 10.3. The first kappa shape index (κ1) is 26.5. The van der Waals surface area contributed by atoms with Crippen LogP contribution in [0.1, 0.15) is 41.0 Å². The minimum absolute atomic E-state index is 0.128. The zero-order valence-corrected chi connectivity index (χ0v) is 22.7. The first-order chi connectivity index (χ1) is 18.7. The van der Waals surface area contributed by atoms with Gasteiger partial charge in [-0.25, -0.2) is 0 Å². The molecule has 6 nitrogen and oxygen atoms in total. The molecule has 0 radical (unpaired) electrons. The van der Waals surface area contributed by atoms with E-state index >= 15 is 0 Å². The molecule has 3 aromatic carbocycles. The van der Waals surface area contributed by atoms with Gasteiger partial charge in [-0.05, 0) is 72.8 Å². The molecular formula is C32H40N2O4. The number of benzene rings is 3. The average molecular weight is 517 g/mol. The Kier molecular flexibility index (Phi) is 9.18. The Morgan fingerprint density at radius 2 is 1.87 bits per heavy atom. The molecule has 0 unspecified atom stereocenters. The number of hydrogen-bond acceptors (Lipinski definition) is 6. The highest BCUT2D eigenvalue weighted by atomic mass is 16.5. The monoisotopic (exact) mass is 516 g/mol. The van der Waals surface area contributed by atoms with Gasteiger partial charge in [0.1, 0.15) is 24.7 Å². The van der Waals surface area contributed by atoms with Crippen LogP contribution in [-0.4, -0.2) is 52.6 Å². The summed E-state index contributed by atoms with van der Waals surface area (Å²) >= 11 is 0. The molecule has 0 spiro atoms. The van der Waals surface area contributed by atoms with E-state index in [1.807, 2.05) is 12.1 Å². The fraction of sp³-hybridized carbons (Fsp3) is 0.438. The fourth-order valence-corrected chi connectivity index (χ4v) is 5.36. The third-order valence-corrected chi connectivity index (χ3v) is 7.45. The fourth-order valence-electron chi connectivity index (χ4n) is 5.36. The van der Waals surface area contributed by atoms with Crippen LogP contribution in [0.2, 0.25) is 0 Å². The molecule has 1 fully saturated rings. The summed E-state index contributed by atoms with van der Waals surface area (Å²) in [6, 6.07) is 23.5. The molecule has 202 valence electrons. The molecule has 0 saturated carbocycles. The summed E-state index contributed by atoms with van der Waals surface area (Å²) in [6.07, 6.45) is 2.20. The third-order valence-electron chi connectivity index (χ3n) is 7.45. The standard InChI is InChI=1S/C32H40N2O4/c1-24-5-3-6-28(19-24)37-22-25-7-10-27(11-8-25)29-13-14-33-21-32(29)38-23-26-9-12-31-30(20-26)34(16-18-36-31)15-4-17-35-2/h3,5-12,19-20,29,32-33H,4,13-18,21-23H2,1-2H3/t29-,32+/m1/s1. The second kappa shape index (κ2) is 13.1. The largest absolute Gasteiger partial charge is 0.490 e. The number of ether oxygens (including phenoxy) is 4. The first-order valence-corrected chi connectivity index (χ1v) is 13.8. The number of anilines is 1. The average Bonchev–Trinajstić information content (AvgIpc) is 2.96. The molecule has 0 aliphatic carbocycles. The molecule has 2 heterocycles. The van der Waals surface area contributed by atoms with E-state index in [9.17, 15) is 0 Å². The van der Waals surface area contributed by atoms with Crippen molar-refractivity contribution in [3.05, 3.63) is 89.0 Å². The predicted molar refractivity (Wildman–Crippen MR) is 151 cm³/mol. The predicted octanol–water partition coefficient (Wildman–Crippen LogP) is 5.47. The molecule has 2 aliphatic heterocycles. The maximum absolute atomic E-state index is 6.54. The zero-order chi connectivity index (χ0) is 26.2. The lowest BCUT2D eigenvalue weighted by molar-refractivity contribution is 0.0106. The van der Waals surface area contributed by atoms with Gasteiger partial charge in [-0.2, -0.15) is 0 Å². The van der Waals surface area contributed by atoms with Crippen molar-refractivity contribution in [3.63, 3.8) is 0 Å². The number of piperidine rings is 1. The Labute approximate surface area is 226 Å². The van der Waals surface area contributed by atoms with Gasteiger partial charge in [-0.3, -0.25) is 0 Å². The maximum Gasteiger partial charge on any atom is 0.142 e. The van der Waals surface area contributed by atoms with Crippen LogP contribution < -0.4 is 19.7 Å². The highest BCUT2D eigenvalue weighted by Gasteiger charge is 2.27. The Morgan fingerprint density at radius 3 is 2.71 bits per heavy atom. The van der Waals surface area contributed by atoms with Gasteiger partial charge in [0.2, 0.25) is 0 Å². The van der Waals surface area contributed by atoms with Crippen LogP contribution in [-0.2, 0) is 22.7 Å². The maximum atomic E-state index is 6.54. The highest BCUT2D eigenvalue weighted by molar-refractivity contribution is 5.61. The number of nitrogens with one attached hydrogen (secondary N) is 1. The molecule has 1 saturated heterocycles. The van der Waals surface area contributed by atoms with Crippen molar-refractivity contribution in [2.24, 2.45) is 0 Å². The normalized spacial score (nSPS) is 19.1. The first-order valence-electron chi connectivity index (χ1n) is 13.8. The number of fused-ring (bicyclic) bond motifs is 1. The molecule has 0 aromatic heterocycles. The minimum Gasteiger partial charge on any atom is -0.490 e. The van der Waals surface area contributed by atoms with Gasteiger partial charge in [0.05, 0.1) is 24.9 Å². The van der Waals surface area contributed by atoms with E-state index in [4.69, 9.17) is 18.9 Å². The molecule has 38 heavy (non-hydrogen) atoms. The van der Waals surface area contributed by atoms with Crippen LogP contribution in [0.3, 0.4) is 0 Å². The number of nitrogens with zero attached hydrogens (tertiary/aromatic N) is 1. The molecule has 2 aliphatic rings. The van der Waals surface area contributed by atoms with Crippen LogP contribution in [0.25, 0.3) is 0 Å². The third kappa shape index (κ3) is 6.87. The van der Waals surface area contributed by atoms with Crippen molar-refractivity contribution >= 4 is 5.69 Å². The summed E-state index contributed by atoms with van der Waals surface area (Å²) in [5, 5.41) is 3.53. The van der Waals surface area contributed by atoms with Gasteiger partial charge in [0.15, 0.2) is 0 Å². The van der Waals surface area contributed by atoms with Crippen molar-refractivity contribution in [1.82, 2.24) is 5.32 Å². The second-order valence-electron chi connectivity index (χ2n) is 10.3.